The zero-order valence-electron chi connectivity index (χ0n) is 26.5. The molecule has 0 unspecified atom stereocenters. The first-order valence-corrected chi connectivity index (χ1v) is 16.5. The van der Waals surface area contributed by atoms with Crippen molar-refractivity contribution >= 4 is 54.3 Å². The Hall–Kier alpha value is -6.65. The van der Waals surface area contributed by atoms with Gasteiger partial charge < -0.3 is 0 Å². The maximum atomic E-state index is 4.97. The molecule has 0 fully saturated rings. The molecular weight excluding hydrogens is 597 g/mol. The molecule has 0 saturated carbocycles. The summed E-state index contributed by atoms with van der Waals surface area (Å²) in [6.45, 7) is 0. The summed E-state index contributed by atoms with van der Waals surface area (Å²) in [6.07, 6.45) is 1.93. The highest BCUT2D eigenvalue weighted by Crippen LogP contribution is 2.45. The highest BCUT2D eigenvalue weighted by Gasteiger charge is 2.18. The Balaban J connectivity index is 1.09. The van der Waals surface area contributed by atoms with Crippen molar-refractivity contribution in [3.05, 3.63) is 170 Å². The number of aromatic nitrogens is 4. The minimum Gasteiger partial charge on any atom is -0.256 e. The molecule has 228 valence electrons. The van der Waals surface area contributed by atoms with E-state index in [1.165, 1.54) is 49.0 Å². The molecule has 49 heavy (non-hydrogen) atoms. The quantitative estimate of drug-likeness (QED) is 0.183. The van der Waals surface area contributed by atoms with E-state index >= 15 is 0 Å². The summed E-state index contributed by atoms with van der Waals surface area (Å²) in [5.41, 5.74) is 10.6. The lowest BCUT2D eigenvalue weighted by Gasteiger charge is -2.18. The number of hydrogen-bond acceptors (Lipinski definition) is 3. The van der Waals surface area contributed by atoms with E-state index in [0.29, 0.717) is 0 Å². The number of hydrogen-bond donors (Lipinski definition) is 0. The first kappa shape index (κ1) is 27.5. The van der Waals surface area contributed by atoms with Gasteiger partial charge in [-0.05, 0) is 96.5 Å². The van der Waals surface area contributed by atoms with Crippen LogP contribution >= 0.6 is 0 Å². The van der Waals surface area contributed by atoms with E-state index in [9.17, 15) is 0 Å². The van der Waals surface area contributed by atoms with Crippen LogP contribution in [0.25, 0.3) is 93.3 Å². The van der Waals surface area contributed by atoms with Gasteiger partial charge in [-0.1, -0.05) is 127 Å². The van der Waals surface area contributed by atoms with Crippen molar-refractivity contribution in [2.45, 2.75) is 0 Å². The first-order valence-electron chi connectivity index (χ1n) is 16.5. The predicted molar refractivity (Wildman–Crippen MR) is 203 cm³/mol. The highest BCUT2D eigenvalue weighted by atomic mass is 15.5. The zero-order chi connectivity index (χ0) is 32.3. The second-order valence-electron chi connectivity index (χ2n) is 12.5. The smallest absolute Gasteiger partial charge is 0.114 e. The Kier molecular flexibility index (Phi) is 6.15. The molecule has 4 nitrogen and oxygen atoms in total. The fourth-order valence-electron chi connectivity index (χ4n) is 7.37. The predicted octanol–water partition coefficient (Wildman–Crippen LogP) is 11.4. The number of para-hydroxylation sites is 1. The van der Waals surface area contributed by atoms with Gasteiger partial charge in [0.15, 0.2) is 0 Å². The summed E-state index contributed by atoms with van der Waals surface area (Å²) in [4.78, 5) is 6.37. The van der Waals surface area contributed by atoms with Crippen LogP contribution in [-0.2, 0) is 0 Å². The van der Waals surface area contributed by atoms with E-state index < -0.39 is 0 Å². The van der Waals surface area contributed by atoms with Crippen LogP contribution < -0.4 is 0 Å². The molecular formula is C45H28N4. The van der Waals surface area contributed by atoms with Crippen molar-refractivity contribution in [3.63, 3.8) is 0 Å². The molecule has 4 heteroatoms. The van der Waals surface area contributed by atoms with Crippen LogP contribution in [0.3, 0.4) is 0 Å². The normalized spacial score (nSPS) is 11.7. The van der Waals surface area contributed by atoms with Crippen LogP contribution in [0.1, 0.15) is 0 Å². The van der Waals surface area contributed by atoms with Crippen LogP contribution in [-0.4, -0.2) is 20.0 Å². The molecule has 2 aromatic heterocycles. The van der Waals surface area contributed by atoms with Crippen LogP contribution in [0.5, 0.6) is 0 Å². The molecule has 0 radical (unpaired) electrons. The topological polar surface area (TPSA) is 43.6 Å². The summed E-state index contributed by atoms with van der Waals surface area (Å²) >= 11 is 0. The second kappa shape index (κ2) is 11.0. The largest absolute Gasteiger partial charge is 0.256 e. The van der Waals surface area contributed by atoms with Crippen molar-refractivity contribution in [3.8, 4) is 39.1 Å². The van der Waals surface area contributed by atoms with Crippen molar-refractivity contribution < 1.29 is 0 Å². The van der Waals surface area contributed by atoms with E-state index in [2.05, 4.69) is 151 Å². The van der Waals surface area contributed by atoms with Gasteiger partial charge in [0.25, 0.3) is 0 Å². The lowest BCUT2D eigenvalue weighted by Crippen LogP contribution is -1.98. The van der Waals surface area contributed by atoms with Crippen LogP contribution in [0, 0.1) is 0 Å². The third-order valence-corrected chi connectivity index (χ3v) is 9.68. The Bertz CT molecular complexity index is 2820. The van der Waals surface area contributed by atoms with Crippen molar-refractivity contribution in [2.24, 2.45) is 0 Å². The summed E-state index contributed by atoms with van der Waals surface area (Å²) in [5.74, 6) is 0. The molecule has 10 aromatic rings. The molecule has 10 rings (SSSR count). The van der Waals surface area contributed by atoms with E-state index in [4.69, 9.17) is 10.2 Å². The molecule has 0 bridgehead atoms. The maximum Gasteiger partial charge on any atom is 0.114 e. The van der Waals surface area contributed by atoms with Crippen molar-refractivity contribution in [1.29, 1.82) is 0 Å². The molecule has 0 spiro atoms. The van der Waals surface area contributed by atoms with E-state index in [1.807, 2.05) is 24.4 Å². The lowest BCUT2D eigenvalue weighted by molar-refractivity contribution is 0.766. The molecule has 0 N–H and O–H groups in total. The van der Waals surface area contributed by atoms with Gasteiger partial charge in [0.05, 0.1) is 11.2 Å². The van der Waals surface area contributed by atoms with Gasteiger partial charge in [-0.25, -0.2) is 0 Å². The Labute approximate surface area is 282 Å². The van der Waals surface area contributed by atoms with Gasteiger partial charge in [0.2, 0.25) is 0 Å². The average Bonchev–Trinajstić information content (AvgIpc) is 3.60. The van der Waals surface area contributed by atoms with Gasteiger partial charge in [-0.15, -0.1) is 10.2 Å². The molecule has 0 aliphatic rings. The second-order valence-corrected chi connectivity index (χ2v) is 12.5. The van der Waals surface area contributed by atoms with Crippen molar-refractivity contribution in [2.75, 3.05) is 0 Å². The van der Waals surface area contributed by atoms with Crippen LogP contribution in [0.2, 0.25) is 0 Å². The van der Waals surface area contributed by atoms with Gasteiger partial charge in [-0.2, -0.15) is 4.80 Å². The fourth-order valence-corrected chi connectivity index (χ4v) is 7.37. The summed E-state index contributed by atoms with van der Waals surface area (Å²) in [5, 5.41) is 18.4. The molecule has 0 atom stereocenters. The lowest BCUT2D eigenvalue weighted by atomic mass is 9.85. The SMILES string of the molecule is c1ccc2ncc(-c3ccc(-n4nc5ccc(-c6c7ccccc7c(-c7cccc8ccccc78)c7ccccc67)cc5n4)cc3)cc2c1. The molecule has 8 aromatic carbocycles. The van der Waals surface area contributed by atoms with Gasteiger partial charge in [-0.3, -0.25) is 4.98 Å². The first-order chi connectivity index (χ1) is 24.3. The minimum atomic E-state index is 0.853. The molecule has 0 amide bonds. The standard InChI is InChI=1S/C45H28N4/c1-3-13-35-30(10-1)12-9-18-36(35)45-39-16-6-4-14-37(39)44(38-15-5-7-17-40(38)45)32-22-25-42-43(27-32)48-49(47-42)34-23-20-29(21-24-34)33-26-31-11-2-8-19-41(31)46-28-33/h1-28H. The third-order valence-electron chi connectivity index (χ3n) is 9.68. The molecule has 2 heterocycles. The third kappa shape index (κ3) is 4.49. The van der Waals surface area contributed by atoms with Gasteiger partial charge in [0, 0.05) is 17.1 Å². The minimum absolute atomic E-state index is 0.853. The summed E-state index contributed by atoms with van der Waals surface area (Å²) in [6, 6.07) is 58.0. The van der Waals surface area contributed by atoms with Gasteiger partial charge in [0.1, 0.15) is 11.0 Å². The van der Waals surface area contributed by atoms with E-state index in [1.54, 1.807) is 4.80 Å². The Morgan fingerprint density at radius 1 is 0.367 bits per heavy atom. The summed E-state index contributed by atoms with van der Waals surface area (Å²) in [7, 11) is 0. The van der Waals surface area contributed by atoms with Gasteiger partial charge >= 0.3 is 0 Å². The fraction of sp³-hybridized carbons (Fsp3) is 0. The number of fused-ring (bicyclic) bond motifs is 5. The van der Waals surface area contributed by atoms with Crippen LogP contribution in [0.4, 0.5) is 0 Å². The van der Waals surface area contributed by atoms with E-state index in [-0.39, 0.29) is 0 Å². The Morgan fingerprint density at radius 3 is 1.71 bits per heavy atom. The van der Waals surface area contributed by atoms with E-state index in [0.717, 1.165) is 44.3 Å². The average molecular weight is 625 g/mol. The number of rotatable bonds is 4. The summed E-state index contributed by atoms with van der Waals surface area (Å²) < 4.78 is 0. The monoisotopic (exact) mass is 624 g/mol. The van der Waals surface area contributed by atoms with Crippen molar-refractivity contribution in [1.82, 2.24) is 20.0 Å². The van der Waals surface area contributed by atoms with Crippen LogP contribution in [0.15, 0.2) is 170 Å². The zero-order valence-corrected chi connectivity index (χ0v) is 26.5. The molecule has 0 aliphatic heterocycles. The Morgan fingerprint density at radius 2 is 0.959 bits per heavy atom. The molecule has 0 saturated heterocycles. The highest BCUT2D eigenvalue weighted by molar-refractivity contribution is 6.23. The maximum absolute atomic E-state index is 4.97. The number of nitrogens with zero attached hydrogens (tertiary/aromatic N) is 4. The molecule has 0 aliphatic carbocycles. The number of pyridine rings is 1. The number of benzene rings is 8.